The molecule has 0 aliphatic carbocycles. The lowest BCUT2D eigenvalue weighted by molar-refractivity contribution is 0.154. The second kappa shape index (κ2) is 3.82. The lowest BCUT2D eigenvalue weighted by Gasteiger charge is -2.29. The minimum absolute atomic E-state index is 0.214. The first-order valence-electron chi connectivity index (χ1n) is 4.30. The van der Waals surface area contributed by atoms with Crippen LogP contribution in [-0.2, 0) is 0 Å². The Hall–Kier alpha value is -0.320. The molecule has 0 radical (unpaired) electrons. The molecule has 1 saturated heterocycles. The van der Waals surface area contributed by atoms with Crippen molar-refractivity contribution < 1.29 is 5.11 Å². The van der Waals surface area contributed by atoms with E-state index in [1.165, 1.54) is 11.3 Å². The second-order valence-electron chi connectivity index (χ2n) is 3.20. The molecule has 0 spiro atoms. The van der Waals surface area contributed by atoms with Crippen molar-refractivity contribution >= 4 is 28.8 Å². The molecule has 1 fully saturated rings. The maximum absolute atomic E-state index is 9.45. The molecule has 1 aromatic rings. The van der Waals surface area contributed by atoms with E-state index in [1.54, 1.807) is 0 Å². The van der Waals surface area contributed by atoms with Gasteiger partial charge in [-0.05, 0) is 12.8 Å². The topological polar surface area (TPSA) is 36.4 Å². The number of piperidine rings is 1. The molecule has 1 aliphatic heterocycles. The molecule has 0 saturated carbocycles. The molecule has 1 aromatic heterocycles. The van der Waals surface area contributed by atoms with Crippen LogP contribution in [0.1, 0.15) is 12.8 Å². The van der Waals surface area contributed by atoms with Crippen molar-refractivity contribution in [3.8, 4) is 0 Å². The summed E-state index contributed by atoms with van der Waals surface area (Å²) in [4.78, 5) is 6.25. The van der Waals surface area contributed by atoms with Gasteiger partial charge in [-0.1, -0.05) is 11.6 Å². The fourth-order valence-corrected chi connectivity index (χ4v) is 2.32. The third kappa shape index (κ3) is 2.13. The minimum Gasteiger partial charge on any atom is -0.391 e. The van der Waals surface area contributed by atoms with Crippen LogP contribution in [0, 0.1) is 0 Å². The summed E-state index contributed by atoms with van der Waals surface area (Å²) in [6.07, 6.45) is 1.71. The van der Waals surface area contributed by atoms with Gasteiger partial charge < -0.3 is 10.0 Å². The van der Waals surface area contributed by atoms with Crippen LogP contribution < -0.4 is 4.90 Å². The molecule has 3 nitrogen and oxygen atoms in total. The largest absolute Gasteiger partial charge is 0.391 e. The summed E-state index contributed by atoms with van der Waals surface area (Å²) in [6, 6.07) is 0. The number of hydrogen-bond donors (Lipinski definition) is 1. The number of aromatic nitrogens is 1. The number of anilines is 1. The highest BCUT2D eigenvalue weighted by atomic mass is 35.5. The predicted octanol–water partition coefficient (Wildman–Crippen LogP) is 1.76. The van der Waals surface area contributed by atoms with Gasteiger partial charge in [-0.2, -0.15) is 0 Å². The van der Waals surface area contributed by atoms with Gasteiger partial charge in [-0.3, -0.25) is 0 Å². The third-order valence-corrected chi connectivity index (χ3v) is 3.15. The summed E-state index contributed by atoms with van der Waals surface area (Å²) in [5.41, 5.74) is 0. The first-order valence-corrected chi connectivity index (χ1v) is 5.55. The fourth-order valence-electron chi connectivity index (χ4n) is 1.55. The van der Waals surface area contributed by atoms with Gasteiger partial charge in [0.05, 0.1) is 6.10 Å². The van der Waals surface area contributed by atoms with Crippen LogP contribution in [-0.4, -0.2) is 29.3 Å². The van der Waals surface area contributed by atoms with E-state index in [9.17, 15) is 5.11 Å². The smallest absolute Gasteiger partial charge is 0.185 e. The zero-order valence-corrected chi connectivity index (χ0v) is 8.68. The Morgan fingerprint density at radius 1 is 1.69 bits per heavy atom. The first-order chi connectivity index (χ1) is 6.25. The van der Waals surface area contributed by atoms with Gasteiger partial charge in [-0.15, -0.1) is 11.3 Å². The van der Waals surface area contributed by atoms with E-state index in [-0.39, 0.29) is 6.10 Å². The molecule has 72 valence electrons. The molecule has 2 rings (SSSR count). The van der Waals surface area contributed by atoms with E-state index < -0.39 is 0 Å². The van der Waals surface area contributed by atoms with Gasteiger partial charge in [0.15, 0.2) is 4.47 Å². The van der Waals surface area contributed by atoms with E-state index in [0.29, 0.717) is 11.0 Å². The summed E-state index contributed by atoms with van der Waals surface area (Å²) in [5.74, 6) is 0.897. The highest BCUT2D eigenvalue weighted by Crippen LogP contribution is 2.24. The normalized spacial score (nSPS) is 23.5. The number of nitrogens with zero attached hydrogens (tertiary/aromatic N) is 2. The van der Waals surface area contributed by atoms with Crippen LogP contribution in [0.2, 0.25) is 4.47 Å². The summed E-state index contributed by atoms with van der Waals surface area (Å²) in [7, 11) is 0. The van der Waals surface area contributed by atoms with Crippen molar-refractivity contribution in [2.24, 2.45) is 0 Å². The van der Waals surface area contributed by atoms with E-state index in [2.05, 4.69) is 9.88 Å². The van der Waals surface area contributed by atoms with Gasteiger partial charge >= 0.3 is 0 Å². The Bertz CT molecular complexity index is 291. The second-order valence-corrected chi connectivity index (χ2v) is 4.64. The van der Waals surface area contributed by atoms with Gasteiger partial charge in [0, 0.05) is 18.5 Å². The Balaban J connectivity index is 2.08. The maximum atomic E-state index is 9.45. The summed E-state index contributed by atoms with van der Waals surface area (Å²) < 4.78 is 0.565. The lowest BCUT2D eigenvalue weighted by atomic mass is 10.1. The van der Waals surface area contributed by atoms with Crippen molar-refractivity contribution in [1.82, 2.24) is 4.98 Å². The van der Waals surface area contributed by atoms with Crippen molar-refractivity contribution in [2.45, 2.75) is 18.9 Å². The van der Waals surface area contributed by atoms with Crippen molar-refractivity contribution in [3.05, 3.63) is 9.85 Å². The highest BCUT2D eigenvalue weighted by Gasteiger charge is 2.19. The zero-order chi connectivity index (χ0) is 9.26. The standard InChI is InChI=1S/C8H11ClN2OS/c9-8-10-7(5-13-8)11-3-1-2-6(12)4-11/h5-6,12H,1-4H2. The molecule has 0 bridgehead atoms. The van der Waals surface area contributed by atoms with Gasteiger partial charge in [0.1, 0.15) is 5.82 Å². The molecule has 0 amide bonds. The molecule has 1 atom stereocenters. The Morgan fingerprint density at radius 3 is 3.15 bits per heavy atom. The zero-order valence-electron chi connectivity index (χ0n) is 7.11. The molecular formula is C8H11ClN2OS. The Morgan fingerprint density at radius 2 is 2.54 bits per heavy atom. The number of thiazole rings is 1. The maximum Gasteiger partial charge on any atom is 0.185 e. The minimum atomic E-state index is -0.214. The predicted molar refractivity (Wildman–Crippen MR) is 54.6 cm³/mol. The third-order valence-electron chi connectivity index (χ3n) is 2.18. The number of aliphatic hydroxyl groups excluding tert-OH is 1. The lowest BCUT2D eigenvalue weighted by Crippen LogP contribution is -2.38. The van der Waals surface area contributed by atoms with Gasteiger partial charge in [-0.25, -0.2) is 4.98 Å². The van der Waals surface area contributed by atoms with Crippen LogP contribution >= 0.6 is 22.9 Å². The highest BCUT2D eigenvalue weighted by molar-refractivity contribution is 7.14. The Kier molecular flexibility index (Phi) is 2.71. The van der Waals surface area contributed by atoms with E-state index >= 15 is 0 Å². The number of β-amino-alcohol motifs (C(OH)–C–C–N with tert-alkyl or cyclic N) is 1. The van der Waals surface area contributed by atoms with E-state index in [4.69, 9.17) is 11.6 Å². The van der Waals surface area contributed by atoms with Crippen LogP contribution in [0.25, 0.3) is 0 Å². The molecule has 2 heterocycles. The van der Waals surface area contributed by atoms with Crippen molar-refractivity contribution in [3.63, 3.8) is 0 Å². The monoisotopic (exact) mass is 218 g/mol. The molecule has 13 heavy (non-hydrogen) atoms. The average molecular weight is 219 g/mol. The van der Waals surface area contributed by atoms with Crippen molar-refractivity contribution in [1.29, 1.82) is 0 Å². The number of aliphatic hydroxyl groups is 1. The molecule has 1 aliphatic rings. The van der Waals surface area contributed by atoms with Gasteiger partial charge in [0.2, 0.25) is 0 Å². The molecule has 0 aromatic carbocycles. The van der Waals surface area contributed by atoms with Crippen LogP contribution in [0.15, 0.2) is 5.38 Å². The SMILES string of the molecule is OC1CCCN(c2csc(Cl)n2)C1. The first kappa shape index (κ1) is 9.24. The fraction of sp³-hybridized carbons (Fsp3) is 0.625. The van der Waals surface area contributed by atoms with Crippen molar-refractivity contribution in [2.75, 3.05) is 18.0 Å². The molecular weight excluding hydrogens is 208 g/mol. The number of rotatable bonds is 1. The Labute approximate surface area is 86.0 Å². The van der Waals surface area contributed by atoms with E-state index in [0.717, 1.165) is 25.2 Å². The van der Waals surface area contributed by atoms with Crippen LogP contribution in [0.4, 0.5) is 5.82 Å². The molecule has 1 unspecified atom stereocenters. The number of halogens is 1. The number of hydrogen-bond acceptors (Lipinski definition) is 4. The van der Waals surface area contributed by atoms with Crippen LogP contribution in [0.5, 0.6) is 0 Å². The van der Waals surface area contributed by atoms with E-state index in [1.807, 2.05) is 5.38 Å². The summed E-state index contributed by atoms with van der Waals surface area (Å²) in [5, 5.41) is 11.4. The van der Waals surface area contributed by atoms with Gasteiger partial charge in [0.25, 0.3) is 0 Å². The quantitative estimate of drug-likeness (QED) is 0.781. The summed E-state index contributed by atoms with van der Waals surface area (Å²) in [6.45, 7) is 1.65. The summed E-state index contributed by atoms with van der Waals surface area (Å²) >= 11 is 7.16. The van der Waals surface area contributed by atoms with Crippen LogP contribution in [0.3, 0.4) is 0 Å². The average Bonchev–Trinajstić information content (AvgIpc) is 2.52. The molecule has 1 N–H and O–H groups in total. The molecule has 5 heteroatoms.